The molecule has 0 saturated heterocycles. The van der Waals surface area contributed by atoms with Gasteiger partial charge < -0.3 is 5.73 Å². The van der Waals surface area contributed by atoms with Crippen molar-refractivity contribution in [1.82, 2.24) is 9.88 Å². The number of nitrogens with two attached hydrogens (primary N) is 1. The van der Waals surface area contributed by atoms with Gasteiger partial charge in [0, 0.05) is 18.0 Å². The summed E-state index contributed by atoms with van der Waals surface area (Å²) < 4.78 is 0. The largest absolute Gasteiger partial charge is 0.330 e. The molecule has 2 unspecified atom stereocenters. The highest BCUT2D eigenvalue weighted by atomic mass is 32.1. The maximum atomic E-state index is 5.98. The van der Waals surface area contributed by atoms with Crippen LogP contribution in [-0.4, -0.2) is 29.0 Å². The molecule has 2 atom stereocenters. The van der Waals surface area contributed by atoms with Gasteiger partial charge in [0.05, 0.1) is 10.7 Å². The highest BCUT2D eigenvalue weighted by Crippen LogP contribution is 2.29. The van der Waals surface area contributed by atoms with E-state index in [1.807, 2.05) is 11.3 Å². The van der Waals surface area contributed by atoms with Crippen molar-refractivity contribution in [3.8, 4) is 0 Å². The second-order valence-electron chi connectivity index (χ2n) is 5.89. The van der Waals surface area contributed by atoms with Gasteiger partial charge in [-0.25, -0.2) is 4.98 Å². The third-order valence-corrected chi connectivity index (χ3v) is 5.43. The van der Waals surface area contributed by atoms with E-state index in [4.69, 9.17) is 10.7 Å². The second kappa shape index (κ2) is 8.11. The van der Waals surface area contributed by atoms with Crippen molar-refractivity contribution >= 4 is 11.3 Å². The average molecular weight is 295 g/mol. The molecule has 20 heavy (non-hydrogen) atoms. The number of aryl methyl sites for hydroxylation is 1. The van der Waals surface area contributed by atoms with E-state index >= 15 is 0 Å². The summed E-state index contributed by atoms with van der Waals surface area (Å²) in [5.74, 6) is 0.678. The SMILES string of the molecule is CCCc1nc(CN(CC)C2CCCCC2CN)cs1. The Hall–Kier alpha value is -0.450. The van der Waals surface area contributed by atoms with Gasteiger partial charge in [0.25, 0.3) is 0 Å². The van der Waals surface area contributed by atoms with Crippen molar-refractivity contribution in [3.63, 3.8) is 0 Å². The van der Waals surface area contributed by atoms with Crippen molar-refractivity contribution < 1.29 is 0 Å². The standard InChI is InChI=1S/C16H29N3S/c1-3-7-16-18-14(12-20-16)11-19(4-2)15-9-6-5-8-13(15)10-17/h12-13,15H,3-11,17H2,1-2H3. The van der Waals surface area contributed by atoms with E-state index in [-0.39, 0.29) is 0 Å². The Morgan fingerprint density at radius 2 is 2.15 bits per heavy atom. The fourth-order valence-electron chi connectivity index (χ4n) is 3.37. The fraction of sp³-hybridized carbons (Fsp3) is 0.812. The minimum absolute atomic E-state index is 0.662. The molecule has 1 heterocycles. The quantitative estimate of drug-likeness (QED) is 0.838. The topological polar surface area (TPSA) is 42.2 Å². The number of thiazole rings is 1. The smallest absolute Gasteiger partial charge is 0.0928 e. The molecule has 2 N–H and O–H groups in total. The molecule has 1 saturated carbocycles. The lowest BCUT2D eigenvalue weighted by Gasteiger charge is -2.39. The molecule has 0 amide bonds. The van der Waals surface area contributed by atoms with Crippen LogP contribution in [0.5, 0.6) is 0 Å². The van der Waals surface area contributed by atoms with Crippen LogP contribution in [0.3, 0.4) is 0 Å². The Bertz CT molecular complexity index is 391. The van der Waals surface area contributed by atoms with E-state index < -0.39 is 0 Å². The van der Waals surface area contributed by atoms with Crippen molar-refractivity contribution in [2.45, 2.75) is 65.0 Å². The summed E-state index contributed by atoms with van der Waals surface area (Å²) in [5, 5.41) is 3.53. The third-order valence-electron chi connectivity index (χ3n) is 4.48. The van der Waals surface area contributed by atoms with Gasteiger partial charge in [-0.2, -0.15) is 0 Å². The van der Waals surface area contributed by atoms with Gasteiger partial charge in [0.2, 0.25) is 0 Å². The van der Waals surface area contributed by atoms with Gasteiger partial charge in [0.1, 0.15) is 0 Å². The molecule has 4 heteroatoms. The molecule has 3 nitrogen and oxygen atoms in total. The zero-order valence-corrected chi connectivity index (χ0v) is 13.8. The van der Waals surface area contributed by atoms with Gasteiger partial charge in [-0.1, -0.05) is 26.7 Å². The summed E-state index contributed by atoms with van der Waals surface area (Å²) in [5.41, 5.74) is 7.23. The maximum Gasteiger partial charge on any atom is 0.0928 e. The molecular formula is C16H29N3S. The normalized spacial score (nSPS) is 23.4. The van der Waals surface area contributed by atoms with E-state index in [1.54, 1.807) is 0 Å². The van der Waals surface area contributed by atoms with E-state index in [0.717, 1.165) is 26.1 Å². The molecular weight excluding hydrogens is 266 g/mol. The molecule has 2 rings (SSSR count). The van der Waals surface area contributed by atoms with Gasteiger partial charge in [-0.05, 0) is 44.7 Å². The van der Waals surface area contributed by atoms with Crippen LogP contribution in [0, 0.1) is 5.92 Å². The summed E-state index contributed by atoms with van der Waals surface area (Å²) >= 11 is 1.82. The lowest BCUT2D eigenvalue weighted by atomic mass is 9.83. The first kappa shape index (κ1) is 15.9. The van der Waals surface area contributed by atoms with Gasteiger partial charge in [0.15, 0.2) is 0 Å². The molecule has 114 valence electrons. The van der Waals surface area contributed by atoms with E-state index in [1.165, 1.54) is 42.8 Å². The molecule has 0 spiro atoms. The number of nitrogens with zero attached hydrogens (tertiary/aromatic N) is 2. The van der Waals surface area contributed by atoms with Crippen molar-refractivity contribution in [2.24, 2.45) is 11.7 Å². The Labute approximate surface area is 127 Å². The molecule has 1 aliphatic carbocycles. The van der Waals surface area contributed by atoms with Crippen LogP contribution in [0.15, 0.2) is 5.38 Å². The lowest BCUT2D eigenvalue weighted by molar-refractivity contribution is 0.104. The Morgan fingerprint density at radius 1 is 1.35 bits per heavy atom. The number of aromatic nitrogens is 1. The average Bonchev–Trinajstić information content (AvgIpc) is 2.92. The third kappa shape index (κ3) is 4.03. The van der Waals surface area contributed by atoms with Crippen LogP contribution in [0.4, 0.5) is 0 Å². The first-order chi connectivity index (χ1) is 9.78. The summed E-state index contributed by atoms with van der Waals surface area (Å²) in [7, 11) is 0. The lowest BCUT2D eigenvalue weighted by Crippen LogP contribution is -2.44. The zero-order valence-electron chi connectivity index (χ0n) is 13.0. The molecule has 1 aliphatic rings. The minimum Gasteiger partial charge on any atom is -0.330 e. The molecule has 1 aromatic rings. The summed E-state index contributed by atoms with van der Waals surface area (Å²) in [4.78, 5) is 7.38. The second-order valence-corrected chi connectivity index (χ2v) is 6.84. The predicted octanol–water partition coefficient (Wildman–Crippen LogP) is 3.44. The van der Waals surface area contributed by atoms with Crippen LogP contribution < -0.4 is 5.73 Å². The minimum atomic E-state index is 0.662. The first-order valence-electron chi connectivity index (χ1n) is 8.15. The van der Waals surface area contributed by atoms with Gasteiger partial charge in [-0.15, -0.1) is 11.3 Å². The van der Waals surface area contributed by atoms with Crippen LogP contribution in [0.1, 0.15) is 56.7 Å². The van der Waals surface area contributed by atoms with Crippen LogP contribution >= 0.6 is 11.3 Å². The summed E-state index contributed by atoms with van der Waals surface area (Å²) in [6.07, 6.45) is 7.62. The number of rotatable bonds is 7. The van der Waals surface area contributed by atoms with Crippen LogP contribution in [-0.2, 0) is 13.0 Å². The number of hydrogen-bond acceptors (Lipinski definition) is 4. The van der Waals surface area contributed by atoms with Crippen LogP contribution in [0.2, 0.25) is 0 Å². The zero-order chi connectivity index (χ0) is 14.4. The molecule has 0 aliphatic heterocycles. The highest BCUT2D eigenvalue weighted by molar-refractivity contribution is 7.09. The molecule has 1 fully saturated rings. The first-order valence-corrected chi connectivity index (χ1v) is 9.03. The van der Waals surface area contributed by atoms with E-state index in [2.05, 4.69) is 24.1 Å². The predicted molar refractivity (Wildman–Crippen MR) is 87.0 cm³/mol. The Kier molecular flexibility index (Phi) is 6.46. The van der Waals surface area contributed by atoms with Crippen LogP contribution in [0.25, 0.3) is 0 Å². The monoisotopic (exact) mass is 295 g/mol. The molecule has 0 radical (unpaired) electrons. The van der Waals surface area contributed by atoms with Crippen molar-refractivity contribution in [3.05, 3.63) is 16.1 Å². The molecule has 0 aromatic carbocycles. The summed E-state index contributed by atoms with van der Waals surface area (Å²) in [6, 6.07) is 0.662. The fourth-order valence-corrected chi connectivity index (χ4v) is 4.26. The maximum absolute atomic E-state index is 5.98. The Morgan fingerprint density at radius 3 is 2.85 bits per heavy atom. The van der Waals surface area contributed by atoms with Crippen molar-refractivity contribution in [2.75, 3.05) is 13.1 Å². The van der Waals surface area contributed by atoms with E-state index in [0.29, 0.717) is 12.0 Å². The summed E-state index contributed by atoms with van der Waals surface area (Å²) in [6.45, 7) is 7.41. The van der Waals surface area contributed by atoms with E-state index in [9.17, 15) is 0 Å². The van der Waals surface area contributed by atoms with Gasteiger partial charge >= 0.3 is 0 Å². The molecule has 1 aromatic heterocycles. The van der Waals surface area contributed by atoms with Crippen molar-refractivity contribution in [1.29, 1.82) is 0 Å². The highest BCUT2D eigenvalue weighted by Gasteiger charge is 2.28. The molecule has 0 bridgehead atoms. The number of hydrogen-bond donors (Lipinski definition) is 1. The Balaban J connectivity index is 1.99. The van der Waals surface area contributed by atoms with Gasteiger partial charge in [-0.3, -0.25) is 4.90 Å².